The molecule has 5 nitrogen and oxygen atoms in total. The van der Waals surface area contributed by atoms with Gasteiger partial charge in [0.1, 0.15) is 5.78 Å². The highest BCUT2D eigenvalue weighted by atomic mass is 16.4. The summed E-state index contributed by atoms with van der Waals surface area (Å²) in [7, 11) is 0. The van der Waals surface area contributed by atoms with E-state index < -0.39 is 12.1 Å². The topological polar surface area (TPSA) is 87.5 Å². The number of aliphatic hydroxyl groups excluding tert-OH is 1. The highest BCUT2D eigenvalue weighted by molar-refractivity contribution is 5.87. The number of ketones is 1. The first-order valence-electron chi connectivity index (χ1n) is 6.10. The molecule has 0 amide bonds. The summed E-state index contributed by atoms with van der Waals surface area (Å²) in [6, 6.07) is 2.82. The van der Waals surface area contributed by atoms with E-state index in [1.807, 2.05) is 0 Å². The van der Waals surface area contributed by atoms with Gasteiger partial charge in [-0.25, -0.2) is 4.79 Å². The van der Waals surface area contributed by atoms with E-state index in [2.05, 4.69) is 4.98 Å². The van der Waals surface area contributed by atoms with Crippen LogP contribution in [0.3, 0.4) is 0 Å². The van der Waals surface area contributed by atoms with E-state index in [0.717, 1.165) is 0 Å². The molecule has 0 spiro atoms. The van der Waals surface area contributed by atoms with E-state index in [1.165, 1.54) is 24.4 Å². The van der Waals surface area contributed by atoms with E-state index in [9.17, 15) is 14.7 Å². The molecule has 0 aliphatic rings. The Bertz CT molecular complexity index is 482. The second kappa shape index (κ2) is 7.43. The highest BCUT2D eigenvalue weighted by Gasteiger charge is 2.05. The number of rotatable bonds is 7. The predicted octanol–water partition coefficient (Wildman–Crippen LogP) is 1.91. The molecule has 1 atom stereocenters. The predicted molar refractivity (Wildman–Crippen MR) is 70.8 cm³/mol. The van der Waals surface area contributed by atoms with Gasteiger partial charge in [0, 0.05) is 19.0 Å². The zero-order chi connectivity index (χ0) is 14.3. The number of aromatic carboxylic acids is 1. The molecule has 5 heteroatoms. The first-order chi connectivity index (χ1) is 9.02. The van der Waals surface area contributed by atoms with Crippen molar-refractivity contribution < 1.29 is 19.8 Å². The van der Waals surface area contributed by atoms with Gasteiger partial charge in [-0.3, -0.25) is 9.78 Å². The van der Waals surface area contributed by atoms with Crippen LogP contribution in [0, 0.1) is 0 Å². The number of aromatic nitrogens is 1. The number of carbonyl (C=O) groups is 2. The van der Waals surface area contributed by atoms with Crippen molar-refractivity contribution >= 4 is 17.8 Å². The van der Waals surface area contributed by atoms with Crippen molar-refractivity contribution in [3.8, 4) is 0 Å². The fourth-order valence-electron chi connectivity index (χ4n) is 1.46. The average molecular weight is 263 g/mol. The fraction of sp³-hybridized carbons (Fsp3) is 0.357. The van der Waals surface area contributed by atoms with Crippen molar-refractivity contribution in [2.45, 2.75) is 32.3 Å². The number of Topliss-reactive ketones (excluding diaryl/α,β-unsaturated/α-hetero) is 1. The molecule has 1 unspecified atom stereocenters. The van der Waals surface area contributed by atoms with Gasteiger partial charge in [-0.15, -0.1) is 0 Å². The van der Waals surface area contributed by atoms with E-state index >= 15 is 0 Å². The largest absolute Gasteiger partial charge is 0.478 e. The van der Waals surface area contributed by atoms with Crippen LogP contribution in [0.1, 0.15) is 42.2 Å². The zero-order valence-corrected chi connectivity index (χ0v) is 10.7. The fourth-order valence-corrected chi connectivity index (χ4v) is 1.46. The molecule has 1 aromatic heterocycles. The lowest BCUT2D eigenvalue weighted by Gasteiger charge is -2.03. The molecule has 0 saturated carbocycles. The molecule has 0 aromatic carbocycles. The lowest BCUT2D eigenvalue weighted by molar-refractivity contribution is -0.119. The first kappa shape index (κ1) is 15.0. The second-order valence-electron chi connectivity index (χ2n) is 4.13. The molecule has 0 saturated heterocycles. The molecular weight excluding hydrogens is 246 g/mol. The summed E-state index contributed by atoms with van der Waals surface area (Å²) >= 11 is 0. The van der Waals surface area contributed by atoms with Gasteiger partial charge < -0.3 is 10.2 Å². The van der Waals surface area contributed by atoms with Crippen LogP contribution >= 0.6 is 0 Å². The third-order valence-corrected chi connectivity index (χ3v) is 2.63. The van der Waals surface area contributed by atoms with Gasteiger partial charge in [-0.05, 0) is 24.6 Å². The average Bonchev–Trinajstić information content (AvgIpc) is 2.42. The number of carboxylic acids is 1. The van der Waals surface area contributed by atoms with Crippen molar-refractivity contribution in [1.29, 1.82) is 0 Å². The van der Waals surface area contributed by atoms with E-state index in [4.69, 9.17) is 5.11 Å². The van der Waals surface area contributed by atoms with E-state index in [-0.39, 0.29) is 11.3 Å². The molecule has 0 aliphatic heterocycles. The van der Waals surface area contributed by atoms with Crippen LogP contribution in [0.4, 0.5) is 0 Å². The molecule has 0 radical (unpaired) electrons. The monoisotopic (exact) mass is 263 g/mol. The Morgan fingerprint density at radius 2 is 2.21 bits per heavy atom. The molecule has 1 aromatic rings. The maximum Gasteiger partial charge on any atom is 0.335 e. The number of hydrogen-bond donors (Lipinski definition) is 2. The van der Waals surface area contributed by atoms with Crippen LogP contribution in [-0.2, 0) is 4.79 Å². The van der Waals surface area contributed by atoms with Crippen molar-refractivity contribution in [2.75, 3.05) is 0 Å². The van der Waals surface area contributed by atoms with E-state index in [1.54, 1.807) is 13.0 Å². The lowest BCUT2D eigenvalue weighted by atomic mass is 10.1. The zero-order valence-electron chi connectivity index (χ0n) is 10.7. The van der Waals surface area contributed by atoms with Gasteiger partial charge in [-0.1, -0.05) is 13.0 Å². The smallest absolute Gasteiger partial charge is 0.335 e. The Kier molecular flexibility index (Phi) is 5.89. The van der Waals surface area contributed by atoms with Crippen LogP contribution in [0.5, 0.6) is 0 Å². The molecule has 102 valence electrons. The molecule has 1 heterocycles. The van der Waals surface area contributed by atoms with Crippen LogP contribution < -0.4 is 0 Å². The minimum atomic E-state index is -1.02. The highest BCUT2D eigenvalue weighted by Crippen LogP contribution is 2.07. The minimum Gasteiger partial charge on any atom is -0.478 e. The van der Waals surface area contributed by atoms with Crippen molar-refractivity contribution in [1.82, 2.24) is 4.98 Å². The summed E-state index contributed by atoms with van der Waals surface area (Å²) < 4.78 is 0. The summed E-state index contributed by atoms with van der Waals surface area (Å²) in [4.78, 5) is 25.8. The standard InChI is InChI=1S/C14H17NO4/c1-2-12(16)5-6-13(17)4-3-11-9-10(14(18)19)7-8-15-11/h3-4,7-9,13,17H,2,5-6H2,1H3,(H,18,19)/b4-3+. The Balaban J connectivity index is 2.58. The van der Waals surface area contributed by atoms with Crippen LogP contribution in [-0.4, -0.2) is 33.1 Å². The lowest BCUT2D eigenvalue weighted by Crippen LogP contribution is -2.06. The third-order valence-electron chi connectivity index (χ3n) is 2.63. The van der Waals surface area contributed by atoms with Crippen molar-refractivity contribution in [3.05, 3.63) is 35.7 Å². The Labute approximate surface area is 111 Å². The Morgan fingerprint density at radius 1 is 1.47 bits per heavy atom. The SMILES string of the molecule is CCC(=O)CCC(O)/C=C/c1cc(C(=O)O)ccn1. The van der Waals surface area contributed by atoms with Gasteiger partial charge in [0.15, 0.2) is 0 Å². The summed E-state index contributed by atoms with van der Waals surface area (Å²) in [6.45, 7) is 1.78. The molecule has 1 rings (SSSR count). The first-order valence-corrected chi connectivity index (χ1v) is 6.10. The van der Waals surface area contributed by atoms with Crippen LogP contribution in [0.25, 0.3) is 6.08 Å². The number of aliphatic hydroxyl groups is 1. The number of carboxylic acid groups (broad SMARTS) is 1. The van der Waals surface area contributed by atoms with E-state index in [0.29, 0.717) is 25.0 Å². The van der Waals surface area contributed by atoms with Crippen LogP contribution in [0.2, 0.25) is 0 Å². The van der Waals surface area contributed by atoms with Crippen LogP contribution in [0.15, 0.2) is 24.4 Å². The summed E-state index contributed by atoms with van der Waals surface area (Å²) in [5, 5.41) is 18.5. The van der Waals surface area contributed by atoms with Gasteiger partial charge >= 0.3 is 5.97 Å². The second-order valence-corrected chi connectivity index (χ2v) is 4.13. The summed E-state index contributed by atoms with van der Waals surface area (Å²) in [5.74, 6) is -0.912. The number of nitrogens with zero attached hydrogens (tertiary/aromatic N) is 1. The van der Waals surface area contributed by atoms with Gasteiger partial charge in [0.2, 0.25) is 0 Å². The molecule has 19 heavy (non-hydrogen) atoms. The Morgan fingerprint density at radius 3 is 2.84 bits per heavy atom. The molecular formula is C14H17NO4. The van der Waals surface area contributed by atoms with Crippen molar-refractivity contribution in [3.63, 3.8) is 0 Å². The number of carbonyl (C=O) groups excluding carboxylic acids is 1. The molecule has 0 bridgehead atoms. The summed E-state index contributed by atoms with van der Waals surface area (Å²) in [6.07, 6.45) is 4.90. The maximum absolute atomic E-state index is 11.1. The molecule has 0 aliphatic carbocycles. The van der Waals surface area contributed by atoms with Gasteiger partial charge in [0.05, 0.1) is 17.4 Å². The van der Waals surface area contributed by atoms with Crippen molar-refractivity contribution in [2.24, 2.45) is 0 Å². The Hall–Kier alpha value is -2.01. The third kappa shape index (κ3) is 5.44. The summed E-state index contributed by atoms with van der Waals surface area (Å²) in [5.41, 5.74) is 0.603. The molecule has 0 fully saturated rings. The normalized spacial score (nSPS) is 12.5. The van der Waals surface area contributed by atoms with Gasteiger partial charge in [-0.2, -0.15) is 0 Å². The number of hydrogen-bond acceptors (Lipinski definition) is 4. The quantitative estimate of drug-likeness (QED) is 0.784. The maximum atomic E-state index is 11.1. The molecule has 2 N–H and O–H groups in total. The minimum absolute atomic E-state index is 0.110. The number of pyridine rings is 1. The van der Waals surface area contributed by atoms with Gasteiger partial charge in [0.25, 0.3) is 0 Å².